The number of carboxylic acids is 1. The zero-order valence-corrected chi connectivity index (χ0v) is 16.0. The van der Waals surface area contributed by atoms with Gasteiger partial charge >= 0.3 is 11.9 Å². The van der Waals surface area contributed by atoms with Gasteiger partial charge in [0.25, 0.3) is 0 Å². The summed E-state index contributed by atoms with van der Waals surface area (Å²) >= 11 is 0. The van der Waals surface area contributed by atoms with Crippen LogP contribution >= 0.6 is 0 Å². The first-order valence-corrected chi connectivity index (χ1v) is 8.63. The van der Waals surface area contributed by atoms with Crippen LogP contribution in [0.1, 0.15) is 67.7 Å². The molecule has 0 heterocycles. The third-order valence-corrected chi connectivity index (χ3v) is 3.67. The highest BCUT2D eigenvalue weighted by Crippen LogP contribution is 2.25. The molecule has 0 aromatic rings. The zero-order chi connectivity index (χ0) is 19.1. The lowest BCUT2D eigenvalue weighted by molar-refractivity contribution is -0.161. The number of carbonyl (C=O) groups excluding carboxylic acids is 2. The maximum absolute atomic E-state index is 12.2. The third kappa shape index (κ3) is 8.89. The fraction of sp³-hybridized carbons (Fsp3) is 0.833. The summed E-state index contributed by atoms with van der Waals surface area (Å²) < 4.78 is 5.37. The molecular formula is C18H33NO5. The summed E-state index contributed by atoms with van der Waals surface area (Å²) in [6.07, 6.45) is 0.887. The van der Waals surface area contributed by atoms with E-state index in [4.69, 9.17) is 4.74 Å². The molecule has 1 amide bonds. The highest BCUT2D eigenvalue weighted by atomic mass is 16.6. The van der Waals surface area contributed by atoms with E-state index in [9.17, 15) is 19.5 Å². The Morgan fingerprint density at radius 3 is 1.96 bits per heavy atom. The Labute approximate surface area is 145 Å². The van der Waals surface area contributed by atoms with Crippen molar-refractivity contribution in [2.24, 2.45) is 17.8 Å². The van der Waals surface area contributed by atoms with Crippen molar-refractivity contribution < 1.29 is 24.2 Å². The summed E-state index contributed by atoms with van der Waals surface area (Å²) in [5.74, 6) is -3.19. The smallest absolute Gasteiger partial charge is 0.309 e. The quantitative estimate of drug-likeness (QED) is 0.628. The molecule has 0 fully saturated rings. The molecule has 0 saturated heterocycles. The molecule has 0 aliphatic heterocycles. The number of aliphatic carboxylic acids is 1. The van der Waals surface area contributed by atoms with Crippen LogP contribution in [-0.4, -0.2) is 34.6 Å². The molecule has 0 spiro atoms. The van der Waals surface area contributed by atoms with Crippen molar-refractivity contribution in [3.8, 4) is 0 Å². The average Bonchev–Trinajstić information content (AvgIpc) is 2.39. The van der Waals surface area contributed by atoms with Crippen LogP contribution < -0.4 is 5.32 Å². The molecule has 3 unspecified atom stereocenters. The van der Waals surface area contributed by atoms with Crippen LogP contribution in [0.4, 0.5) is 0 Å². The van der Waals surface area contributed by atoms with Gasteiger partial charge in [-0.2, -0.15) is 0 Å². The second-order valence-electron chi connectivity index (χ2n) is 7.71. The summed E-state index contributed by atoms with van der Waals surface area (Å²) in [6, 6.07) is 0.00776. The molecule has 0 aromatic carbocycles. The van der Waals surface area contributed by atoms with Gasteiger partial charge < -0.3 is 15.2 Å². The monoisotopic (exact) mass is 343 g/mol. The molecule has 6 heteroatoms. The number of hydrogen-bond acceptors (Lipinski definition) is 4. The maximum atomic E-state index is 12.2. The van der Waals surface area contributed by atoms with Gasteiger partial charge in [-0.3, -0.25) is 14.4 Å². The number of carboxylic acid groups (broad SMARTS) is 1. The highest BCUT2D eigenvalue weighted by Gasteiger charge is 2.31. The summed E-state index contributed by atoms with van der Waals surface area (Å²) in [6.45, 7) is 12.6. The van der Waals surface area contributed by atoms with Gasteiger partial charge in [-0.25, -0.2) is 0 Å². The maximum Gasteiger partial charge on any atom is 0.309 e. The van der Waals surface area contributed by atoms with E-state index < -0.39 is 29.3 Å². The van der Waals surface area contributed by atoms with Crippen molar-refractivity contribution in [3.05, 3.63) is 0 Å². The molecule has 0 radical (unpaired) electrons. The van der Waals surface area contributed by atoms with E-state index in [-0.39, 0.29) is 30.8 Å². The first-order chi connectivity index (χ1) is 10.9. The number of esters is 1. The standard InChI is InChI=1S/C18H33NO5/c1-8-13(17(23)24-18(5,6)7)10-14(16(21)22)9-12(4)15(20)19-11(2)3/h11-14H,8-10H2,1-7H3,(H,19,20)(H,21,22). The van der Waals surface area contributed by atoms with Gasteiger partial charge in [-0.15, -0.1) is 0 Å². The van der Waals surface area contributed by atoms with E-state index in [0.717, 1.165) is 0 Å². The number of hydrogen-bond donors (Lipinski definition) is 2. The molecule has 0 rings (SSSR count). The predicted molar refractivity (Wildman–Crippen MR) is 92.4 cm³/mol. The predicted octanol–water partition coefficient (Wildman–Crippen LogP) is 3.00. The normalized spacial score (nSPS) is 15.5. The first kappa shape index (κ1) is 22.4. The van der Waals surface area contributed by atoms with Crippen LogP contribution in [0.3, 0.4) is 0 Å². The highest BCUT2D eigenvalue weighted by molar-refractivity contribution is 5.80. The van der Waals surface area contributed by atoms with Crippen LogP contribution in [0.25, 0.3) is 0 Å². The van der Waals surface area contributed by atoms with Gasteiger partial charge in [0.1, 0.15) is 5.60 Å². The third-order valence-electron chi connectivity index (χ3n) is 3.67. The Bertz CT molecular complexity index is 439. The number of carbonyl (C=O) groups is 3. The summed E-state index contributed by atoms with van der Waals surface area (Å²) in [4.78, 5) is 35.8. The van der Waals surface area contributed by atoms with Gasteiger partial charge in [-0.05, 0) is 53.9 Å². The van der Waals surface area contributed by atoms with Crippen LogP contribution in [0.15, 0.2) is 0 Å². The number of amides is 1. The van der Waals surface area contributed by atoms with Crippen LogP contribution in [0.5, 0.6) is 0 Å². The second kappa shape index (κ2) is 9.64. The molecule has 3 atom stereocenters. The van der Waals surface area contributed by atoms with Crippen molar-refractivity contribution in [1.29, 1.82) is 0 Å². The van der Waals surface area contributed by atoms with Crippen LogP contribution in [0, 0.1) is 17.8 Å². The fourth-order valence-electron chi connectivity index (χ4n) is 2.42. The Kier molecular flexibility index (Phi) is 9.01. The fourth-order valence-corrected chi connectivity index (χ4v) is 2.42. The van der Waals surface area contributed by atoms with E-state index >= 15 is 0 Å². The van der Waals surface area contributed by atoms with Gasteiger partial charge in [0, 0.05) is 12.0 Å². The van der Waals surface area contributed by atoms with Crippen LogP contribution in [0.2, 0.25) is 0 Å². The van der Waals surface area contributed by atoms with E-state index in [1.165, 1.54) is 0 Å². The minimum absolute atomic E-state index is 0.00776. The van der Waals surface area contributed by atoms with Gasteiger partial charge in [0.15, 0.2) is 0 Å². The topological polar surface area (TPSA) is 92.7 Å². The van der Waals surface area contributed by atoms with E-state index in [1.807, 2.05) is 20.8 Å². The number of rotatable bonds is 9. The van der Waals surface area contributed by atoms with Crippen molar-refractivity contribution in [2.75, 3.05) is 0 Å². The molecule has 24 heavy (non-hydrogen) atoms. The lowest BCUT2D eigenvalue weighted by Crippen LogP contribution is -2.36. The number of ether oxygens (including phenoxy) is 1. The lowest BCUT2D eigenvalue weighted by Gasteiger charge is -2.25. The molecule has 6 nitrogen and oxygen atoms in total. The zero-order valence-electron chi connectivity index (χ0n) is 16.0. The summed E-state index contributed by atoms with van der Waals surface area (Å²) in [5.41, 5.74) is -0.604. The molecular weight excluding hydrogens is 310 g/mol. The van der Waals surface area contributed by atoms with Crippen molar-refractivity contribution in [2.45, 2.75) is 79.4 Å². The number of nitrogens with one attached hydrogen (secondary N) is 1. The average molecular weight is 343 g/mol. The lowest BCUT2D eigenvalue weighted by atomic mass is 9.86. The largest absolute Gasteiger partial charge is 0.481 e. The first-order valence-electron chi connectivity index (χ1n) is 8.63. The molecule has 0 aliphatic rings. The van der Waals surface area contributed by atoms with Gasteiger partial charge in [0.05, 0.1) is 11.8 Å². The Morgan fingerprint density at radius 1 is 1.04 bits per heavy atom. The van der Waals surface area contributed by atoms with Gasteiger partial charge in [-0.1, -0.05) is 13.8 Å². The van der Waals surface area contributed by atoms with Gasteiger partial charge in [0.2, 0.25) is 5.91 Å². The Hall–Kier alpha value is -1.59. The Morgan fingerprint density at radius 2 is 1.58 bits per heavy atom. The van der Waals surface area contributed by atoms with Crippen molar-refractivity contribution in [3.63, 3.8) is 0 Å². The van der Waals surface area contributed by atoms with Crippen molar-refractivity contribution >= 4 is 17.8 Å². The Balaban J connectivity index is 4.90. The molecule has 0 saturated carbocycles. The molecule has 140 valence electrons. The molecule has 0 bridgehead atoms. The SMILES string of the molecule is CCC(CC(CC(C)C(=O)NC(C)C)C(=O)O)C(=O)OC(C)(C)C. The second-order valence-corrected chi connectivity index (χ2v) is 7.71. The molecule has 2 N–H and O–H groups in total. The van der Waals surface area contributed by atoms with E-state index in [0.29, 0.717) is 6.42 Å². The van der Waals surface area contributed by atoms with Crippen LogP contribution in [-0.2, 0) is 19.1 Å². The summed E-state index contributed by atoms with van der Waals surface area (Å²) in [7, 11) is 0. The summed E-state index contributed by atoms with van der Waals surface area (Å²) in [5, 5.41) is 12.2. The van der Waals surface area contributed by atoms with E-state index in [2.05, 4.69) is 5.32 Å². The minimum Gasteiger partial charge on any atom is -0.481 e. The minimum atomic E-state index is -0.985. The molecule has 0 aliphatic carbocycles. The van der Waals surface area contributed by atoms with E-state index in [1.54, 1.807) is 27.7 Å². The molecule has 0 aromatic heterocycles. The van der Waals surface area contributed by atoms with Crippen molar-refractivity contribution in [1.82, 2.24) is 5.32 Å².